The topological polar surface area (TPSA) is 77.8 Å². The van der Waals surface area contributed by atoms with Crippen LogP contribution in [0.3, 0.4) is 0 Å². The third-order valence-electron chi connectivity index (χ3n) is 2.20. The van der Waals surface area contributed by atoms with E-state index in [0.29, 0.717) is 0 Å². The third-order valence-corrected chi connectivity index (χ3v) is 2.20. The summed E-state index contributed by atoms with van der Waals surface area (Å²) >= 11 is 0. The average molecular weight is 193 g/mol. The van der Waals surface area contributed by atoms with E-state index in [9.17, 15) is 19.8 Å². The number of carbonyl (C=O) groups is 2. The lowest BCUT2D eigenvalue weighted by Crippen LogP contribution is -2.24. The Morgan fingerprint density at radius 1 is 1.00 bits per heavy atom. The Bertz CT molecular complexity index is 411. The van der Waals surface area contributed by atoms with Gasteiger partial charge in [0.25, 0.3) is 11.8 Å². The highest BCUT2D eigenvalue weighted by molar-refractivity contribution is 6.23. The first-order chi connectivity index (χ1) is 6.54. The average Bonchev–Trinajstić information content (AvgIpc) is 2.38. The van der Waals surface area contributed by atoms with Gasteiger partial charge < -0.3 is 10.2 Å². The van der Waals surface area contributed by atoms with E-state index in [1.165, 1.54) is 19.2 Å². The molecule has 0 saturated heterocycles. The summed E-state index contributed by atoms with van der Waals surface area (Å²) < 4.78 is 0. The predicted molar refractivity (Wildman–Crippen MR) is 46.2 cm³/mol. The van der Waals surface area contributed by atoms with Crippen LogP contribution < -0.4 is 0 Å². The molecule has 1 heterocycles. The molecule has 0 fully saturated rings. The number of nitrogens with zero attached hydrogens (tertiary/aromatic N) is 1. The molecule has 0 aliphatic carbocycles. The molecule has 0 unspecified atom stereocenters. The Morgan fingerprint density at radius 3 is 1.71 bits per heavy atom. The minimum Gasteiger partial charge on any atom is -0.507 e. The van der Waals surface area contributed by atoms with Crippen molar-refractivity contribution >= 4 is 11.8 Å². The molecular weight excluding hydrogens is 186 g/mol. The molecular formula is C9H7NO4. The minimum absolute atomic E-state index is 0.127. The Hall–Kier alpha value is -2.04. The van der Waals surface area contributed by atoms with Crippen LogP contribution >= 0.6 is 0 Å². The van der Waals surface area contributed by atoms with Crippen molar-refractivity contribution in [2.75, 3.05) is 7.05 Å². The lowest BCUT2D eigenvalue weighted by Gasteiger charge is -2.02. The lowest BCUT2D eigenvalue weighted by molar-refractivity contribution is 0.0692. The second kappa shape index (κ2) is 2.47. The first-order valence-corrected chi connectivity index (χ1v) is 3.91. The van der Waals surface area contributed by atoms with Gasteiger partial charge in [0, 0.05) is 7.05 Å². The fraction of sp³-hybridized carbons (Fsp3) is 0.111. The van der Waals surface area contributed by atoms with Gasteiger partial charge in [-0.2, -0.15) is 0 Å². The van der Waals surface area contributed by atoms with Gasteiger partial charge in [0.05, 0.1) is 11.1 Å². The van der Waals surface area contributed by atoms with Crippen molar-refractivity contribution in [1.29, 1.82) is 0 Å². The van der Waals surface area contributed by atoms with E-state index in [1.54, 1.807) is 0 Å². The number of aromatic hydroxyl groups is 2. The highest BCUT2D eigenvalue weighted by Crippen LogP contribution is 2.35. The second-order valence-corrected chi connectivity index (χ2v) is 3.02. The van der Waals surface area contributed by atoms with Gasteiger partial charge in [-0.25, -0.2) is 0 Å². The summed E-state index contributed by atoms with van der Waals surface area (Å²) in [5.41, 5.74) is -0.255. The lowest BCUT2D eigenvalue weighted by atomic mass is 10.1. The fourth-order valence-electron chi connectivity index (χ4n) is 1.44. The highest BCUT2D eigenvalue weighted by Gasteiger charge is 2.37. The quantitative estimate of drug-likeness (QED) is 0.459. The van der Waals surface area contributed by atoms with E-state index < -0.39 is 11.8 Å². The molecule has 1 aromatic carbocycles. The first-order valence-electron chi connectivity index (χ1n) is 3.91. The molecule has 72 valence electrons. The largest absolute Gasteiger partial charge is 0.507 e. The maximum atomic E-state index is 11.4. The number of phenolic OH excluding ortho intramolecular Hbond substituents is 2. The molecule has 1 aromatic rings. The molecule has 1 aliphatic heterocycles. The number of rotatable bonds is 0. The van der Waals surface area contributed by atoms with E-state index in [4.69, 9.17) is 0 Å². The Kier molecular flexibility index (Phi) is 1.51. The van der Waals surface area contributed by atoms with E-state index in [1.807, 2.05) is 0 Å². The van der Waals surface area contributed by atoms with Gasteiger partial charge in [-0.05, 0) is 12.1 Å². The van der Waals surface area contributed by atoms with Crippen LogP contribution in [0.5, 0.6) is 11.5 Å². The summed E-state index contributed by atoms with van der Waals surface area (Å²) in [5.74, 6) is -1.78. The summed E-state index contributed by atoms with van der Waals surface area (Å²) in [4.78, 5) is 23.7. The predicted octanol–water partition coefficient (Wildman–Crippen LogP) is 0.324. The minimum atomic E-state index is -0.599. The molecule has 5 nitrogen and oxygen atoms in total. The van der Waals surface area contributed by atoms with Crippen molar-refractivity contribution in [2.45, 2.75) is 0 Å². The standard InChI is InChI=1S/C9H7NO4/c1-10-8(13)6-4(11)2-3-5(12)7(6)9(10)14/h2-3,11-12H,1H3. The molecule has 0 spiro atoms. The van der Waals surface area contributed by atoms with Gasteiger partial charge in [-0.15, -0.1) is 0 Å². The van der Waals surface area contributed by atoms with Crippen LogP contribution in [0.4, 0.5) is 0 Å². The Labute approximate surface area is 79.2 Å². The summed E-state index contributed by atoms with van der Waals surface area (Å²) in [6, 6.07) is 2.36. The van der Waals surface area contributed by atoms with Crippen LogP contribution in [0, 0.1) is 0 Å². The van der Waals surface area contributed by atoms with E-state index in [2.05, 4.69) is 0 Å². The maximum absolute atomic E-state index is 11.4. The Balaban J connectivity index is 2.80. The smallest absolute Gasteiger partial charge is 0.265 e. The van der Waals surface area contributed by atoms with Crippen LogP contribution in [-0.2, 0) is 0 Å². The fourth-order valence-corrected chi connectivity index (χ4v) is 1.44. The van der Waals surface area contributed by atoms with Crippen molar-refractivity contribution in [3.05, 3.63) is 23.3 Å². The van der Waals surface area contributed by atoms with E-state index in [0.717, 1.165) is 4.90 Å². The van der Waals surface area contributed by atoms with Crippen molar-refractivity contribution < 1.29 is 19.8 Å². The van der Waals surface area contributed by atoms with Crippen molar-refractivity contribution in [1.82, 2.24) is 4.90 Å². The molecule has 0 bridgehead atoms. The molecule has 0 saturated carbocycles. The number of carbonyl (C=O) groups excluding carboxylic acids is 2. The maximum Gasteiger partial charge on any atom is 0.265 e. The van der Waals surface area contributed by atoms with Gasteiger partial charge in [-0.3, -0.25) is 14.5 Å². The molecule has 14 heavy (non-hydrogen) atoms. The van der Waals surface area contributed by atoms with Crippen LogP contribution in [0.1, 0.15) is 20.7 Å². The van der Waals surface area contributed by atoms with Crippen molar-refractivity contribution in [2.24, 2.45) is 0 Å². The number of hydrogen-bond donors (Lipinski definition) is 2. The number of fused-ring (bicyclic) bond motifs is 1. The van der Waals surface area contributed by atoms with Gasteiger partial charge >= 0.3 is 0 Å². The van der Waals surface area contributed by atoms with Crippen LogP contribution in [0.25, 0.3) is 0 Å². The summed E-state index contributed by atoms with van der Waals surface area (Å²) in [6.45, 7) is 0. The SMILES string of the molecule is CN1C(=O)c2c(O)ccc(O)c2C1=O. The normalized spacial score (nSPS) is 14.8. The molecule has 0 aromatic heterocycles. The van der Waals surface area contributed by atoms with Crippen molar-refractivity contribution in [3.63, 3.8) is 0 Å². The zero-order valence-electron chi connectivity index (χ0n) is 7.31. The molecule has 0 atom stereocenters. The van der Waals surface area contributed by atoms with Gasteiger partial charge in [0.2, 0.25) is 0 Å². The van der Waals surface area contributed by atoms with E-state index in [-0.39, 0.29) is 22.6 Å². The summed E-state index contributed by atoms with van der Waals surface area (Å²) in [6.07, 6.45) is 0. The monoisotopic (exact) mass is 193 g/mol. The molecule has 0 radical (unpaired) electrons. The molecule has 2 amide bonds. The number of hydrogen-bond acceptors (Lipinski definition) is 4. The van der Waals surface area contributed by atoms with Crippen LogP contribution in [-0.4, -0.2) is 34.0 Å². The van der Waals surface area contributed by atoms with Crippen LogP contribution in [0.15, 0.2) is 12.1 Å². The summed E-state index contributed by atoms with van der Waals surface area (Å²) in [5, 5.41) is 18.7. The molecule has 5 heteroatoms. The number of amides is 2. The van der Waals surface area contributed by atoms with Gasteiger partial charge in [0.15, 0.2) is 0 Å². The molecule has 2 rings (SSSR count). The summed E-state index contributed by atoms with van der Waals surface area (Å²) in [7, 11) is 1.30. The highest BCUT2D eigenvalue weighted by atomic mass is 16.3. The second-order valence-electron chi connectivity index (χ2n) is 3.02. The van der Waals surface area contributed by atoms with E-state index >= 15 is 0 Å². The van der Waals surface area contributed by atoms with Gasteiger partial charge in [0.1, 0.15) is 11.5 Å². The number of imide groups is 1. The third kappa shape index (κ3) is 0.834. The number of phenols is 2. The first kappa shape index (κ1) is 8.55. The number of benzene rings is 1. The van der Waals surface area contributed by atoms with Crippen molar-refractivity contribution in [3.8, 4) is 11.5 Å². The Morgan fingerprint density at radius 2 is 1.36 bits per heavy atom. The molecule has 2 N–H and O–H groups in total. The zero-order valence-corrected chi connectivity index (χ0v) is 7.31. The molecule has 1 aliphatic rings. The van der Waals surface area contributed by atoms with Crippen LogP contribution in [0.2, 0.25) is 0 Å². The van der Waals surface area contributed by atoms with Gasteiger partial charge in [-0.1, -0.05) is 0 Å². The zero-order chi connectivity index (χ0) is 10.5.